The Hall–Kier alpha value is -1.70. The van der Waals surface area contributed by atoms with Crippen molar-refractivity contribution in [1.29, 1.82) is 0 Å². The van der Waals surface area contributed by atoms with Crippen LogP contribution in [0.25, 0.3) is 11.1 Å². The van der Waals surface area contributed by atoms with Gasteiger partial charge in [0.1, 0.15) is 5.69 Å². The third-order valence-corrected chi connectivity index (χ3v) is 10.0. The summed E-state index contributed by atoms with van der Waals surface area (Å²) in [6, 6.07) is 6.87. The summed E-state index contributed by atoms with van der Waals surface area (Å²) in [5, 5.41) is 13.1. The van der Waals surface area contributed by atoms with E-state index in [2.05, 4.69) is 33.9 Å². The van der Waals surface area contributed by atoms with Gasteiger partial charge in [0.2, 0.25) is 0 Å². The molecular formula is C17H24N2O3SSi. The van der Waals surface area contributed by atoms with Gasteiger partial charge in [0.15, 0.2) is 8.32 Å². The Bertz CT molecular complexity index is 751. The van der Waals surface area contributed by atoms with E-state index in [0.717, 1.165) is 16.0 Å². The minimum Gasteiger partial charge on any atom is -0.412 e. The molecule has 0 fully saturated rings. The minimum atomic E-state index is -1.83. The number of nitrogens with two attached hydrogens (primary N) is 1. The van der Waals surface area contributed by atoms with Gasteiger partial charge in [-0.15, -0.1) is 11.3 Å². The normalized spacial score (nSPS) is 12.4. The summed E-state index contributed by atoms with van der Waals surface area (Å²) in [6.45, 7) is 11.7. The number of anilines is 1. The molecule has 2 rings (SSSR count). The molecule has 24 heavy (non-hydrogen) atoms. The predicted molar refractivity (Wildman–Crippen MR) is 103 cm³/mol. The van der Waals surface area contributed by atoms with Crippen LogP contribution in [-0.2, 0) is 11.0 Å². The minimum absolute atomic E-state index is 0.0620. The number of nitro groups is 1. The molecule has 5 nitrogen and oxygen atoms in total. The van der Waals surface area contributed by atoms with Crippen molar-refractivity contribution in [3.8, 4) is 11.1 Å². The largest absolute Gasteiger partial charge is 0.412 e. The average molecular weight is 365 g/mol. The van der Waals surface area contributed by atoms with E-state index in [0.29, 0.717) is 6.61 Å². The Balaban J connectivity index is 2.25. The van der Waals surface area contributed by atoms with E-state index in [1.807, 2.05) is 11.4 Å². The molecule has 2 aromatic rings. The van der Waals surface area contributed by atoms with Crippen molar-refractivity contribution >= 4 is 31.0 Å². The molecule has 0 aliphatic carbocycles. The number of nitrogen functional groups attached to an aromatic ring is 1. The standard InChI is InChI=1S/C17H24N2O3SSi/c1-17(2,3)24(4,5)22-11-16-13(8-9-23-16)12-6-7-15(19(20)21)14(18)10-12/h6-10H,11,18H2,1-5H3. The first-order chi connectivity index (χ1) is 11.0. The third kappa shape index (κ3) is 3.85. The number of benzene rings is 1. The second-order valence-electron chi connectivity index (χ2n) is 7.34. The lowest BCUT2D eigenvalue weighted by Crippen LogP contribution is -2.40. The molecule has 0 amide bonds. The van der Waals surface area contributed by atoms with Crippen molar-refractivity contribution in [3.63, 3.8) is 0 Å². The number of hydrogen-bond acceptors (Lipinski definition) is 5. The van der Waals surface area contributed by atoms with Crippen molar-refractivity contribution in [3.05, 3.63) is 44.6 Å². The fourth-order valence-electron chi connectivity index (χ4n) is 2.06. The second kappa shape index (κ2) is 6.66. The molecular weight excluding hydrogens is 340 g/mol. The summed E-state index contributed by atoms with van der Waals surface area (Å²) in [4.78, 5) is 11.6. The molecule has 1 aromatic heterocycles. The summed E-state index contributed by atoms with van der Waals surface area (Å²) in [5.41, 5.74) is 7.85. The molecule has 0 bridgehead atoms. The quantitative estimate of drug-likeness (QED) is 0.332. The van der Waals surface area contributed by atoms with Gasteiger partial charge in [-0.3, -0.25) is 10.1 Å². The van der Waals surface area contributed by atoms with Crippen molar-refractivity contribution < 1.29 is 9.35 Å². The van der Waals surface area contributed by atoms with E-state index in [9.17, 15) is 10.1 Å². The summed E-state index contributed by atoms with van der Waals surface area (Å²) in [5.74, 6) is 0. The van der Waals surface area contributed by atoms with Crippen LogP contribution in [0.15, 0.2) is 29.6 Å². The smallest absolute Gasteiger partial charge is 0.292 e. The van der Waals surface area contributed by atoms with Crippen molar-refractivity contribution in [1.82, 2.24) is 0 Å². The van der Waals surface area contributed by atoms with Gasteiger partial charge in [0.05, 0.1) is 11.5 Å². The van der Waals surface area contributed by atoms with Crippen LogP contribution in [-0.4, -0.2) is 13.2 Å². The lowest BCUT2D eigenvalue weighted by Gasteiger charge is -2.36. The number of nitrogens with zero attached hydrogens (tertiary/aromatic N) is 1. The van der Waals surface area contributed by atoms with E-state index in [1.54, 1.807) is 23.5 Å². The molecule has 130 valence electrons. The third-order valence-electron chi connectivity index (χ3n) is 4.65. The molecule has 1 aromatic carbocycles. The van der Waals surface area contributed by atoms with E-state index < -0.39 is 13.2 Å². The average Bonchev–Trinajstić information content (AvgIpc) is 2.91. The molecule has 0 spiro atoms. The van der Waals surface area contributed by atoms with Crippen LogP contribution in [0.3, 0.4) is 0 Å². The number of thiophene rings is 1. The molecule has 1 heterocycles. The van der Waals surface area contributed by atoms with Crippen LogP contribution in [0.1, 0.15) is 25.6 Å². The first kappa shape index (κ1) is 18.6. The lowest BCUT2D eigenvalue weighted by molar-refractivity contribution is -0.383. The van der Waals surface area contributed by atoms with Gasteiger partial charge >= 0.3 is 0 Å². The van der Waals surface area contributed by atoms with E-state index >= 15 is 0 Å². The number of rotatable bonds is 5. The molecule has 7 heteroatoms. The maximum atomic E-state index is 10.9. The zero-order valence-electron chi connectivity index (χ0n) is 14.8. The fraction of sp³-hybridized carbons (Fsp3) is 0.412. The Morgan fingerprint density at radius 2 is 1.96 bits per heavy atom. The fourth-order valence-corrected chi connectivity index (χ4v) is 3.91. The highest BCUT2D eigenvalue weighted by Crippen LogP contribution is 2.39. The van der Waals surface area contributed by atoms with Gasteiger partial charge in [0, 0.05) is 10.9 Å². The molecule has 0 saturated carbocycles. The molecule has 0 atom stereocenters. The van der Waals surface area contributed by atoms with Crippen LogP contribution in [0.2, 0.25) is 18.1 Å². The van der Waals surface area contributed by atoms with Crippen LogP contribution in [0, 0.1) is 10.1 Å². The van der Waals surface area contributed by atoms with E-state index in [4.69, 9.17) is 10.2 Å². The van der Waals surface area contributed by atoms with Crippen LogP contribution in [0.5, 0.6) is 0 Å². The van der Waals surface area contributed by atoms with E-state index in [1.165, 1.54) is 6.07 Å². The van der Waals surface area contributed by atoms with Crippen molar-refractivity contribution in [2.45, 2.75) is 45.5 Å². The molecule has 0 aliphatic rings. The monoisotopic (exact) mass is 364 g/mol. The zero-order chi connectivity index (χ0) is 18.1. The Morgan fingerprint density at radius 3 is 2.50 bits per heavy atom. The molecule has 0 unspecified atom stereocenters. The van der Waals surface area contributed by atoms with Crippen molar-refractivity contribution in [2.75, 3.05) is 5.73 Å². The summed E-state index contributed by atoms with van der Waals surface area (Å²) in [6.07, 6.45) is 0. The van der Waals surface area contributed by atoms with Gasteiger partial charge in [0.25, 0.3) is 5.69 Å². The Morgan fingerprint density at radius 1 is 1.29 bits per heavy atom. The Kier molecular flexibility index (Phi) is 5.17. The predicted octanol–water partition coefficient (Wildman–Crippen LogP) is 5.43. The highest BCUT2D eigenvalue weighted by atomic mass is 32.1. The summed E-state index contributed by atoms with van der Waals surface area (Å²) >= 11 is 1.63. The van der Waals surface area contributed by atoms with Crippen LogP contribution < -0.4 is 5.73 Å². The second-order valence-corrected chi connectivity index (χ2v) is 13.1. The van der Waals surface area contributed by atoms with Crippen molar-refractivity contribution in [2.24, 2.45) is 0 Å². The maximum Gasteiger partial charge on any atom is 0.292 e. The highest BCUT2D eigenvalue weighted by molar-refractivity contribution is 7.10. The van der Waals surface area contributed by atoms with Gasteiger partial charge in [-0.05, 0) is 52.8 Å². The summed E-state index contributed by atoms with van der Waals surface area (Å²) < 4.78 is 6.30. The molecule has 0 aliphatic heterocycles. The van der Waals surface area contributed by atoms with E-state index in [-0.39, 0.29) is 16.4 Å². The van der Waals surface area contributed by atoms with Gasteiger partial charge in [-0.1, -0.05) is 20.8 Å². The topological polar surface area (TPSA) is 78.4 Å². The number of hydrogen-bond donors (Lipinski definition) is 1. The van der Waals surface area contributed by atoms with Gasteiger partial charge in [-0.25, -0.2) is 0 Å². The first-order valence-corrected chi connectivity index (χ1v) is 11.6. The first-order valence-electron chi connectivity index (χ1n) is 7.77. The number of nitro benzene ring substituents is 1. The lowest BCUT2D eigenvalue weighted by atomic mass is 10.1. The SMILES string of the molecule is CC(C)(C)[Si](C)(C)OCc1sccc1-c1ccc([N+](=O)[O-])c(N)c1. The maximum absolute atomic E-state index is 10.9. The molecule has 2 N–H and O–H groups in total. The molecule has 0 radical (unpaired) electrons. The summed E-state index contributed by atoms with van der Waals surface area (Å²) in [7, 11) is -1.83. The van der Waals surface area contributed by atoms with Crippen LogP contribution >= 0.6 is 11.3 Å². The Labute approximate surface area is 147 Å². The zero-order valence-corrected chi connectivity index (χ0v) is 16.6. The van der Waals surface area contributed by atoms with Gasteiger partial charge in [-0.2, -0.15) is 0 Å². The molecule has 0 saturated heterocycles. The highest BCUT2D eigenvalue weighted by Gasteiger charge is 2.37. The van der Waals surface area contributed by atoms with Crippen LogP contribution in [0.4, 0.5) is 11.4 Å². The van der Waals surface area contributed by atoms with Gasteiger partial charge < -0.3 is 10.2 Å².